The number of ether oxygens (including phenoxy) is 1. The summed E-state index contributed by atoms with van der Waals surface area (Å²) < 4.78 is 4.91. The molecule has 0 aromatic heterocycles. The third-order valence-corrected chi connectivity index (χ3v) is 5.02. The summed E-state index contributed by atoms with van der Waals surface area (Å²) in [4.78, 5) is 33.8. The first-order valence-corrected chi connectivity index (χ1v) is 9.83. The summed E-state index contributed by atoms with van der Waals surface area (Å²) in [6.45, 7) is 3.99. The summed E-state index contributed by atoms with van der Waals surface area (Å²) in [5.74, 6) is -1.58. The second-order valence-corrected chi connectivity index (χ2v) is 7.33. The number of aliphatic carboxylic acids is 1. The SMILES string of the molecule is CCOC(=O)CCCc1ccc(C(C)=NN=C2NC(=O)[C@H](CC(=O)O)S2)cc1. The zero-order valence-corrected chi connectivity index (χ0v) is 16.6. The lowest BCUT2D eigenvalue weighted by Crippen LogP contribution is -2.26. The number of carbonyl (C=O) groups excluding carboxylic acids is 2. The molecule has 9 heteroatoms. The van der Waals surface area contributed by atoms with Crippen LogP contribution in [0.25, 0.3) is 0 Å². The maximum atomic E-state index is 11.7. The number of aryl methyl sites for hydroxylation is 1. The third kappa shape index (κ3) is 6.80. The zero-order valence-electron chi connectivity index (χ0n) is 15.8. The molecule has 1 heterocycles. The first-order valence-electron chi connectivity index (χ1n) is 8.95. The monoisotopic (exact) mass is 405 g/mol. The van der Waals surface area contributed by atoms with Crippen molar-refractivity contribution in [3.8, 4) is 0 Å². The summed E-state index contributed by atoms with van der Waals surface area (Å²) in [5, 5.41) is 19.1. The van der Waals surface area contributed by atoms with Gasteiger partial charge in [0.15, 0.2) is 5.17 Å². The summed E-state index contributed by atoms with van der Waals surface area (Å²) in [7, 11) is 0. The van der Waals surface area contributed by atoms with Crippen molar-refractivity contribution < 1.29 is 24.2 Å². The van der Waals surface area contributed by atoms with Gasteiger partial charge in [0.1, 0.15) is 5.25 Å². The molecule has 28 heavy (non-hydrogen) atoms. The summed E-state index contributed by atoms with van der Waals surface area (Å²) in [5.41, 5.74) is 2.67. The van der Waals surface area contributed by atoms with Crippen LogP contribution in [0.2, 0.25) is 0 Å². The molecule has 0 aliphatic carbocycles. The van der Waals surface area contributed by atoms with Crippen LogP contribution in [0.5, 0.6) is 0 Å². The Morgan fingerprint density at radius 3 is 2.64 bits per heavy atom. The highest BCUT2D eigenvalue weighted by Gasteiger charge is 2.32. The smallest absolute Gasteiger partial charge is 0.305 e. The number of nitrogens with zero attached hydrogens (tertiary/aromatic N) is 2. The molecule has 8 nitrogen and oxygen atoms in total. The van der Waals surface area contributed by atoms with Gasteiger partial charge in [-0.2, -0.15) is 5.10 Å². The summed E-state index contributed by atoms with van der Waals surface area (Å²) >= 11 is 1.07. The number of amidine groups is 1. The minimum Gasteiger partial charge on any atom is -0.481 e. The van der Waals surface area contributed by atoms with Gasteiger partial charge in [0, 0.05) is 6.42 Å². The van der Waals surface area contributed by atoms with Crippen LogP contribution in [0.15, 0.2) is 34.5 Å². The van der Waals surface area contributed by atoms with E-state index in [9.17, 15) is 14.4 Å². The topological polar surface area (TPSA) is 117 Å². The number of rotatable bonds is 9. The number of carboxylic acids is 1. The molecule has 1 aromatic rings. The Morgan fingerprint density at radius 2 is 2.00 bits per heavy atom. The minimum atomic E-state index is -1.03. The van der Waals surface area contributed by atoms with Crippen molar-refractivity contribution in [2.75, 3.05) is 6.61 Å². The van der Waals surface area contributed by atoms with Gasteiger partial charge in [-0.3, -0.25) is 14.4 Å². The molecule has 1 atom stereocenters. The van der Waals surface area contributed by atoms with Crippen molar-refractivity contribution in [2.24, 2.45) is 10.2 Å². The highest BCUT2D eigenvalue weighted by molar-refractivity contribution is 8.15. The Bertz CT molecular complexity index is 789. The summed E-state index contributed by atoms with van der Waals surface area (Å²) in [6.07, 6.45) is 1.66. The van der Waals surface area contributed by atoms with Crippen LogP contribution in [0.3, 0.4) is 0 Å². The Morgan fingerprint density at radius 1 is 1.29 bits per heavy atom. The van der Waals surface area contributed by atoms with Crippen molar-refractivity contribution >= 4 is 40.5 Å². The number of carboxylic acid groups (broad SMARTS) is 1. The largest absolute Gasteiger partial charge is 0.481 e. The van der Waals surface area contributed by atoms with E-state index < -0.39 is 11.2 Å². The average Bonchev–Trinajstić information content (AvgIpc) is 2.99. The van der Waals surface area contributed by atoms with E-state index in [1.54, 1.807) is 13.8 Å². The number of hydrogen-bond donors (Lipinski definition) is 2. The van der Waals surface area contributed by atoms with Gasteiger partial charge in [0.2, 0.25) is 5.91 Å². The van der Waals surface area contributed by atoms with Gasteiger partial charge in [0.25, 0.3) is 0 Å². The second kappa shape index (κ2) is 10.6. The molecule has 0 bridgehead atoms. The molecular formula is C19H23N3O5S. The highest BCUT2D eigenvalue weighted by atomic mass is 32.2. The van der Waals surface area contributed by atoms with E-state index in [-0.39, 0.29) is 18.3 Å². The standard InChI is InChI=1S/C19H23N3O5S/c1-3-27-17(25)6-4-5-13-7-9-14(10-8-13)12(2)21-22-19-20-18(26)15(28-19)11-16(23)24/h7-10,15H,3-6,11H2,1-2H3,(H,23,24)(H,20,22,26)/t15-/m0/s1. The Hall–Kier alpha value is -2.68. The summed E-state index contributed by atoms with van der Waals surface area (Å²) in [6, 6.07) is 7.79. The Kier molecular flexibility index (Phi) is 8.19. The maximum absolute atomic E-state index is 11.7. The lowest BCUT2D eigenvalue weighted by Gasteiger charge is -2.04. The molecule has 1 saturated heterocycles. The fraction of sp³-hybridized carbons (Fsp3) is 0.421. The molecule has 0 saturated carbocycles. The molecule has 1 aliphatic rings. The molecule has 1 amide bonds. The number of benzene rings is 1. The number of amides is 1. The maximum Gasteiger partial charge on any atom is 0.305 e. The van der Waals surface area contributed by atoms with Gasteiger partial charge in [-0.1, -0.05) is 36.0 Å². The van der Waals surface area contributed by atoms with E-state index in [0.29, 0.717) is 23.9 Å². The van der Waals surface area contributed by atoms with Gasteiger partial charge in [-0.05, 0) is 37.8 Å². The van der Waals surface area contributed by atoms with E-state index in [1.165, 1.54) is 0 Å². The molecule has 2 N–H and O–H groups in total. The molecule has 1 fully saturated rings. The molecule has 0 radical (unpaired) electrons. The lowest BCUT2D eigenvalue weighted by atomic mass is 10.0. The van der Waals surface area contributed by atoms with Crippen LogP contribution in [-0.4, -0.2) is 45.7 Å². The van der Waals surface area contributed by atoms with Crippen molar-refractivity contribution in [1.29, 1.82) is 0 Å². The van der Waals surface area contributed by atoms with Crippen molar-refractivity contribution in [3.05, 3.63) is 35.4 Å². The molecule has 0 unspecified atom stereocenters. The number of esters is 1. The molecule has 150 valence electrons. The van der Waals surface area contributed by atoms with E-state index in [1.807, 2.05) is 24.3 Å². The van der Waals surface area contributed by atoms with Gasteiger partial charge in [0.05, 0.1) is 18.7 Å². The first kappa shape index (κ1) is 21.6. The third-order valence-electron chi connectivity index (χ3n) is 3.95. The second-order valence-electron chi connectivity index (χ2n) is 6.14. The normalized spacial score (nSPS) is 18.2. The van der Waals surface area contributed by atoms with Crippen LogP contribution < -0.4 is 5.32 Å². The molecular weight excluding hydrogens is 382 g/mol. The van der Waals surface area contributed by atoms with Crippen LogP contribution in [-0.2, 0) is 25.5 Å². The van der Waals surface area contributed by atoms with E-state index in [2.05, 4.69) is 15.5 Å². The number of nitrogens with one attached hydrogen (secondary N) is 1. The van der Waals surface area contributed by atoms with Crippen LogP contribution in [0.1, 0.15) is 44.2 Å². The predicted octanol–water partition coefficient (Wildman–Crippen LogP) is 2.36. The number of thioether (sulfide) groups is 1. The number of hydrogen-bond acceptors (Lipinski definition) is 7. The van der Waals surface area contributed by atoms with Crippen molar-refractivity contribution in [2.45, 2.75) is 44.8 Å². The van der Waals surface area contributed by atoms with Crippen molar-refractivity contribution in [1.82, 2.24) is 5.32 Å². The average molecular weight is 405 g/mol. The fourth-order valence-electron chi connectivity index (χ4n) is 2.51. The fourth-order valence-corrected chi connectivity index (χ4v) is 3.41. The van der Waals surface area contributed by atoms with E-state index in [0.717, 1.165) is 35.7 Å². The zero-order chi connectivity index (χ0) is 20.5. The van der Waals surface area contributed by atoms with E-state index >= 15 is 0 Å². The molecule has 1 aromatic carbocycles. The van der Waals surface area contributed by atoms with Gasteiger partial charge >= 0.3 is 11.9 Å². The van der Waals surface area contributed by atoms with Gasteiger partial charge in [-0.15, -0.1) is 5.10 Å². The molecule has 2 rings (SSSR count). The highest BCUT2D eigenvalue weighted by Crippen LogP contribution is 2.22. The van der Waals surface area contributed by atoms with E-state index in [4.69, 9.17) is 9.84 Å². The van der Waals surface area contributed by atoms with Crippen LogP contribution in [0, 0.1) is 0 Å². The van der Waals surface area contributed by atoms with Gasteiger partial charge in [-0.25, -0.2) is 0 Å². The lowest BCUT2D eigenvalue weighted by molar-refractivity contribution is -0.143. The Balaban J connectivity index is 1.90. The van der Waals surface area contributed by atoms with Crippen LogP contribution >= 0.6 is 11.8 Å². The quantitative estimate of drug-likeness (QED) is 0.370. The van der Waals surface area contributed by atoms with Gasteiger partial charge < -0.3 is 15.2 Å². The minimum absolute atomic E-state index is 0.177. The number of carbonyl (C=O) groups is 3. The predicted molar refractivity (Wildman–Crippen MR) is 107 cm³/mol. The van der Waals surface area contributed by atoms with Crippen molar-refractivity contribution in [3.63, 3.8) is 0 Å². The molecule has 1 aliphatic heterocycles. The first-order chi connectivity index (χ1) is 13.4. The Labute approximate surface area is 167 Å². The van der Waals surface area contributed by atoms with Crippen LogP contribution in [0.4, 0.5) is 0 Å². The molecule has 0 spiro atoms.